The van der Waals surface area contributed by atoms with Gasteiger partial charge in [0.1, 0.15) is 0 Å². The average Bonchev–Trinajstić information content (AvgIpc) is 2.29. The number of benzene rings is 1. The van der Waals surface area contributed by atoms with Crippen molar-refractivity contribution in [3.05, 3.63) is 29.8 Å². The molecule has 83 valence electrons. The molecule has 4 N–H and O–H groups in total. The topological polar surface area (TPSA) is 96.6 Å². The van der Waals surface area contributed by atoms with E-state index >= 15 is 0 Å². The molecule has 0 fully saturated rings. The molecule has 0 saturated heterocycles. The normalized spacial score (nSPS) is 10.0. The van der Waals surface area contributed by atoms with E-state index in [1.54, 1.807) is 30.6 Å². The van der Waals surface area contributed by atoms with Crippen LogP contribution in [-0.2, 0) is 4.79 Å². The van der Waals surface area contributed by atoms with Crippen LogP contribution in [0.3, 0.4) is 0 Å². The fourth-order valence-corrected chi connectivity index (χ4v) is 1.03. The highest BCUT2D eigenvalue weighted by molar-refractivity contribution is 5.90. The largest absolute Gasteiger partial charge is 0.330 e. The van der Waals surface area contributed by atoms with Crippen molar-refractivity contribution in [3.63, 3.8) is 0 Å². The number of hydrogen-bond acceptors (Lipinski definition) is 4. The van der Waals surface area contributed by atoms with Crippen molar-refractivity contribution in [2.24, 2.45) is 10.9 Å². The molecule has 0 atom stereocenters. The number of nitrogens with one attached hydrogen (secondary N) is 2. The Kier molecular flexibility index (Phi) is 4.52. The molecular weight excluding hydrogens is 208 g/mol. The standard InChI is InChI=1S/C10H11N4O2/c11-13-7-8-1-3-9(4-2-8)14-10(16)12-5-6-15/h1-4,7H,5,11H2,(H2,12,14,16). The van der Waals surface area contributed by atoms with Crippen molar-refractivity contribution in [1.29, 1.82) is 0 Å². The van der Waals surface area contributed by atoms with E-state index in [-0.39, 0.29) is 6.54 Å². The molecule has 6 heteroatoms. The molecule has 0 saturated carbocycles. The highest BCUT2D eigenvalue weighted by Crippen LogP contribution is 2.07. The highest BCUT2D eigenvalue weighted by Gasteiger charge is 1.99. The molecule has 2 amide bonds. The van der Waals surface area contributed by atoms with Crippen LogP contribution in [0.15, 0.2) is 29.4 Å². The number of nitrogens with two attached hydrogens (primary N) is 1. The second-order valence-corrected chi connectivity index (χ2v) is 2.85. The summed E-state index contributed by atoms with van der Waals surface area (Å²) in [7, 11) is 0. The summed E-state index contributed by atoms with van der Waals surface area (Å²) in [5.41, 5.74) is 1.44. The maximum atomic E-state index is 11.1. The van der Waals surface area contributed by atoms with E-state index in [1.807, 2.05) is 0 Å². The molecule has 1 rings (SSSR count). The Labute approximate surface area is 92.5 Å². The minimum Gasteiger partial charge on any atom is -0.330 e. The summed E-state index contributed by atoms with van der Waals surface area (Å²) in [6, 6.07) is 6.43. The first-order valence-electron chi connectivity index (χ1n) is 4.49. The quantitative estimate of drug-likeness (QED) is 0.383. The van der Waals surface area contributed by atoms with Crippen LogP contribution in [0.1, 0.15) is 5.56 Å². The van der Waals surface area contributed by atoms with E-state index < -0.39 is 6.03 Å². The highest BCUT2D eigenvalue weighted by atomic mass is 16.2. The van der Waals surface area contributed by atoms with E-state index in [0.29, 0.717) is 5.69 Å². The molecule has 1 aromatic carbocycles. The first-order chi connectivity index (χ1) is 7.76. The SMILES string of the molecule is NN=Cc1ccc(NC(=O)NC[C]=O)cc1. The molecule has 0 aliphatic rings. The van der Waals surface area contributed by atoms with Crippen LogP contribution in [0.4, 0.5) is 10.5 Å². The Balaban J connectivity index is 2.54. The molecule has 1 aromatic rings. The lowest BCUT2D eigenvalue weighted by molar-refractivity contribution is 0.253. The zero-order valence-corrected chi connectivity index (χ0v) is 8.43. The van der Waals surface area contributed by atoms with Crippen LogP contribution in [0.2, 0.25) is 0 Å². The lowest BCUT2D eigenvalue weighted by Crippen LogP contribution is -2.29. The van der Waals surface area contributed by atoms with Crippen molar-refractivity contribution in [3.8, 4) is 0 Å². The van der Waals surface area contributed by atoms with E-state index in [9.17, 15) is 9.59 Å². The Morgan fingerprint density at radius 2 is 2.12 bits per heavy atom. The van der Waals surface area contributed by atoms with Crippen LogP contribution < -0.4 is 16.5 Å². The van der Waals surface area contributed by atoms with E-state index in [1.165, 1.54) is 6.21 Å². The third kappa shape index (κ3) is 3.79. The van der Waals surface area contributed by atoms with Gasteiger partial charge in [-0.25, -0.2) is 4.79 Å². The number of rotatable bonds is 4. The smallest absolute Gasteiger partial charge is 0.319 e. The molecular formula is C10H11N4O2. The third-order valence-electron chi connectivity index (χ3n) is 1.71. The third-order valence-corrected chi connectivity index (χ3v) is 1.71. The molecule has 0 unspecified atom stereocenters. The predicted octanol–water partition coefficient (Wildman–Crippen LogP) is 0.210. The summed E-state index contributed by atoms with van der Waals surface area (Å²) in [5, 5.41) is 8.21. The lowest BCUT2D eigenvalue weighted by Gasteiger charge is -2.04. The second-order valence-electron chi connectivity index (χ2n) is 2.85. The maximum Gasteiger partial charge on any atom is 0.319 e. The molecule has 0 bridgehead atoms. The van der Waals surface area contributed by atoms with Gasteiger partial charge in [0, 0.05) is 5.69 Å². The number of hydrogen-bond donors (Lipinski definition) is 3. The minimum atomic E-state index is -0.455. The Bertz CT molecular complexity index is 386. The van der Waals surface area contributed by atoms with Gasteiger partial charge < -0.3 is 16.5 Å². The summed E-state index contributed by atoms with van der Waals surface area (Å²) in [6.07, 6.45) is 3.05. The van der Waals surface area contributed by atoms with E-state index in [0.717, 1.165) is 5.56 Å². The summed E-state index contributed by atoms with van der Waals surface area (Å²) in [6.45, 7) is -0.135. The van der Waals surface area contributed by atoms with Crippen LogP contribution in [0.5, 0.6) is 0 Å². The summed E-state index contributed by atoms with van der Waals surface area (Å²) in [4.78, 5) is 21.0. The Hall–Kier alpha value is -2.37. The number of nitrogens with zero attached hydrogens (tertiary/aromatic N) is 1. The van der Waals surface area contributed by atoms with Gasteiger partial charge in [0.15, 0.2) is 0 Å². The number of amides is 2. The van der Waals surface area contributed by atoms with Gasteiger partial charge in [0.25, 0.3) is 0 Å². The Morgan fingerprint density at radius 1 is 1.44 bits per heavy atom. The van der Waals surface area contributed by atoms with Crippen LogP contribution >= 0.6 is 0 Å². The predicted molar refractivity (Wildman–Crippen MR) is 60.9 cm³/mol. The van der Waals surface area contributed by atoms with Gasteiger partial charge in [0.05, 0.1) is 12.8 Å². The van der Waals surface area contributed by atoms with Gasteiger partial charge >= 0.3 is 6.03 Å². The Morgan fingerprint density at radius 3 is 2.69 bits per heavy atom. The lowest BCUT2D eigenvalue weighted by atomic mass is 10.2. The zero-order valence-electron chi connectivity index (χ0n) is 8.43. The van der Waals surface area contributed by atoms with Crippen molar-refractivity contribution in [1.82, 2.24) is 5.32 Å². The average molecular weight is 219 g/mol. The monoisotopic (exact) mass is 219 g/mol. The molecule has 1 radical (unpaired) electrons. The van der Waals surface area contributed by atoms with Crippen LogP contribution in [-0.4, -0.2) is 25.1 Å². The fraction of sp³-hybridized carbons (Fsp3) is 0.100. The fourth-order valence-electron chi connectivity index (χ4n) is 1.03. The summed E-state index contributed by atoms with van der Waals surface area (Å²) in [5.74, 6) is 4.99. The van der Waals surface area contributed by atoms with Crippen molar-refractivity contribution < 1.29 is 9.59 Å². The molecule has 0 spiro atoms. The van der Waals surface area contributed by atoms with E-state index in [2.05, 4.69) is 15.7 Å². The second kappa shape index (κ2) is 6.18. The summed E-state index contributed by atoms with van der Waals surface area (Å²) >= 11 is 0. The van der Waals surface area contributed by atoms with Crippen LogP contribution in [0.25, 0.3) is 0 Å². The van der Waals surface area contributed by atoms with Crippen molar-refractivity contribution in [2.75, 3.05) is 11.9 Å². The maximum absolute atomic E-state index is 11.1. The van der Waals surface area contributed by atoms with Gasteiger partial charge in [-0.3, -0.25) is 4.79 Å². The van der Waals surface area contributed by atoms with Gasteiger partial charge in [-0.05, 0) is 17.7 Å². The number of carbonyl (C=O) groups excluding carboxylic acids is 2. The zero-order chi connectivity index (χ0) is 11.8. The number of anilines is 1. The molecule has 6 nitrogen and oxygen atoms in total. The summed E-state index contributed by atoms with van der Waals surface area (Å²) < 4.78 is 0. The molecule has 0 aliphatic carbocycles. The number of hydrazone groups is 1. The number of urea groups is 1. The van der Waals surface area contributed by atoms with Crippen molar-refractivity contribution in [2.45, 2.75) is 0 Å². The molecule has 0 aromatic heterocycles. The molecule has 0 aliphatic heterocycles. The van der Waals surface area contributed by atoms with Gasteiger partial charge in [-0.15, -0.1) is 0 Å². The van der Waals surface area contributed by atoms with E-state index in [4.69, 9.17) is 5.84 Å². The first kappa shape index (κ1) is 11.7. The van der Waals surface area contributed by atoms with Crippen LogP contribution in [0, 0.1) is 0 Å². The van der Waals surface area contributed by atoms with Gasteiger partial charge in [0.2, 0.25) is 6.29 Å². The number of carbonyl (C=O) groups is 1. The van der Waals surface area contributed by atoms with Gasteiger partial charge in [-0.2, -0.15) is 5.10 Å². The van der Waals surface area contributed by atoms with Gasteiger partial charge in [-0.1, -0.05) is 12.1 Å². The molecule has 16 heavy (non-hydrogen) atoms. The minimum absolute atomic E-state index is 0.135. The molecule has 0 heterocycles. The van der Waals surface area contributed by atoms with Crippen molar-refractivity contribution >= 4 is 24.2 Å². The first-order valence-corrected chi connectivity index (χ1v) is 4.49.